The molecule has 0 spiro atoms. The fraction of sp³-hybridized carbons (Fsp3) is 0.471. The lowest BCUT2D eigenvalue weighted by atomic mass is 10.1. The van der Waals surface area contributed by atoms with Gasteiger partial charge in [0, 0.05) is 30.8 Å². The van der Waals surface area contributed by atoms with Gasteiger partial charge in [0.05, 0.1) is 6.61 Å². The fourth-order valence-electron chi connectivity index (χ4n) is 2.04. The van der Waals surface area contributed by atoms with E-state index in [1.807, 2.05) is 6.92 Å². The predicted octanol–water partition coefficient (Wildman–Crippen LogP) is 2.20. The highest BCUT2D eigenvalue weighted by Crippen LogP contribution is 2.26. The first-order chi connectivity index (χ1) is 11.8. The number of carboxylic acids is 2. The number of carbonyl (C=O) groups is 2. The molecule has 0 amide bonds. The van der Waals surface area contributed by atoms with Crippen LogP contribution in [0, 0.1) is 6.92 Å². The predicted molar refractivity (Wildman–Crippen MR) is 91.5 cm³/mol. The van der Waals surface area contributed by atoms with Crippen LogP contribution in [0.25, 0.3) is 5.57 Å². The molecule has 1 aliphatic heterocycles. The summed E-state index contributed by atoms with van der Waals surface area (Å²) in [6, 6.07) is 0. The van der Waals surface area contributed by atoms with Gasteiger partial charge >= 0.3 is 17.9 Å². The van der Waals surface area contributed by atoms with Gasteiger partial charge in [-0.3, -0.25) is 0 Å². The van der Waals surface area contributed by atoms with Crippen molar-refractivity contribution >= 4 is 17.5 Å². The molecule has 1 aliphatic rings. The van der Waals surface area contributed by atoms with Crippen LogP contribution in [0.4, 0.5) is 0 Å². The Hall–Kier alpha value is -2.61. The topological polar surface area (TPSA) is 113 Å². The van der Waals surface area contributed by atoms with Gasteiger partial charge in [0.25, 0.3) is 0 Å². The highest BCUT2D eigenvalue weighted by atomic mass is 16.6. The minimum absolute atomic E-state index is 0.558. The fourth-order valence-corrected chi connectivity index (χ4v) is 2.04. The maximum atomic E-state index is 9.55. The second kappa shape index (κ2) is 10.3. The zero-order valence-electron chi connectivity index (χ0n) is 14.7. The summed E-state index contributed by atoms with van der Waals surface area (Å²) in [6.45, 7) is 6.67. The van der Waals surface area contributed by atoms with Crippen LogP contribution in [-0.2, 0) is 9.59 Å². The van der Waals surface area contributed by atoms with Crippen molar-refractivity contribution in [3.05, 3.63) is 29.8 Å². The van der Waals surface area contributed by atoms with Crippen molar-refractivity contribution in [1.82, 2.24) is 9.88 Å². The van der Waals surface area contributed by atoms with Crippen LogP contribution >= 0.6 is 0 Å². The molecule has 0 aromatic carbocycles. The maximum Gasteiger partial charge on any atom is 0.328 e. The Morgan fingerprint density at radius 1 is 1.36 bits per heavy atom. The lowest BCUT2D eigenvalue weighted by Gasteiger charge is -2.20. The SMILES string of the molecule is CCCOc1oc(C2=CCCN(C)C2)nc1C.O=C(O)C=CC(=O)O. The largest absolute Gasteiger partial charge is 0.478 e. The van der Waals surface area contributed by atoms with E-state index in [2.05, 4.69) is 29.9 Å². The van der Waals surface area contributed by atoms with Crippen molar-refractivity contribution in [2.75, 3.05) is 26.7 Å². The summed E-state index contributed by atoms with van der Waals surface area (Å²) in [5.74, 6) is -1.24. The van der Waals surface area contributed by atoms with Gasteiger partial charge in [-0.2, -0.15) is 0 Å². The van der Waals surface area contributed by atoms with E-state index in [1.54, 1.807) is 0 Å². The van der Waals surface area contributed by atoms with Crippen LogP contribution in [-0.4, -0.2) is 58.8 Å². The summed E-state index contributed by atoms with van der Waals surface area (Å²) < 4.78 is 11.2. The molecule has 0 saturated heterocycles. The Morgan fingerprint density at radius 3 is 2.52 bits per heavy atom. The van der Waals surface area contributed by atoms with Crippen molar-refractivity contribution in [2.45, 2.75) is 26.7 Å². The molecule has 25 heavy (non-hydrogen) atoms. The van der Waals surface area contributed by atoms with Crippen LogP contribution in [0.5, 0.6) is 5.95 Å². The number of likely N-dealkylation sites (N-methyl/N-ethyl adjacent to an activating group) is 1. The lowest BCUT2D eigenvalue weighted by molar-refractivity contribution is -0.134. The molecule has 0 atom stereocenters. The molecule has 0 aliphatic carbocycles. The third-order valence-corrected chi connectivity index (χ3v) is 3.18. The minimum Gasteiger partial charge on any atom is -0.478 e. The Labute approximate surface area is 146 Å². The number of aryl methyl sites for hydroxylation is 1. The average Bonchev–Trinajstić information content (AvgIpc) is 2.92. The number of aliphatic carboxylic acids is 2. The van der Waals surface area contributed by atoms with E-state index in [0.717, 1.165) is 37.2 Å². The van der Waals surface area contributed by atoms with Gasteiger partial charge in [-0.25, -0.2) is 14.6 Å². The van der Waals surface area contributed by atoms with E-state index in [1.165, 1.54) is 0 Å². The first kappa shape index (κ1) is 20.4. The normalized spacial score (nSPS) is 14.6. The van der Waals surface area contributed by atoms with E-state index in [4.69, 9.17) is 19.4 Å². The van der Waals surface area contributed by atoms with Crippen molar-refractivity contribution in [3.8, 4) is 5.95 Å². The van der Waals surface area contributed by atoms with Crippen LogP contribution in [0.15, 0.2) is 22.6 Å². The monoisotopic (exact) mass is 352 g/mol. The number of hydrogen-bond acceptors (Lipinski definition) is 6. The molecule has 8 heteroatoms. The zero-order chi connectivity index (χ0) is 18.8. The minimum atomic E-state index is -1.26. The summed E-state index contributed by atoms with van der Waals surface area (Å²) in [6.07, 6.45) is 5.35. The van der Waals surface area contributed by atoms with Gasteiger partial charge in [0.15, 0.2) is 0 Å². The van der Waals surface area contributed by atoms with E-state index in [-0.39, 0.29) is 0 Å². The molecule has 0 bridgehead atoms. The van der Waals surface area contributed by atoms with Gasteiger partial charge in [-0.05, 0) is 26.8 Å². The Kier molecular flexibility index (Phi) is 8.42. The molecule has 2 rings (SSSR count). The Bertz CT molecular complexity index is 632. The third-order valence-electron chi connectivity index (χ3n) is 3.18. The molecule has 0 saturated carbocycles. The Morgan fingerprint density at radius 2 is 2.00 bits per heavy atom. The first-order valence-corrected chi connectivity index (χ1v) is 7.95. The number of hydrogen-bond donors (Lipinski definition) is 2. The van der Waals surface area contributed by atoms with Crippen molar-refractivity contribution < 1.29 is 29.0 Å². The molecule has 0 fully saturated rings. The second-order valence-electron chi connectivity index (χ2n) is 5.51. The van der Waals surface area contributed by atoms with Gasteiger partial charge in [-0.1, -0.05) is 13.0 Å². The Balaban J connectivity index is 0.000000333. The molecule has 0 radical (unpaired) electrons. The van der Waals surface area contributed by atoms with Gasteiger partial charge in [-0.15, -0.1) is 0 Å². The van der Waals surface area contributed by atoms with Gasteiger partial charge in [0.2, 0.25) is 5.89 Å². The number of ether oxygens (including phenoxy) is 1. The lowest BCUT2D eigenvalue weighted by Crippen LogP contribution is -2.25. The smallest absolute Gasteiger partial charge is 0.328 e. The molecule has 1 aromatic rings. The van der Waals surface area contributed by atoms with Crippen molar-refractivity contribution in [3.63, 3.8) is 0 Å². The number of rotatable bonds is 6. The average molecular weight is 352 g/mol. The number of carboxylic acid groups (broad SMARTS) is 2. The van der Waals surface area contributed by atoms with Gasteiger partial charge in [0.1, 0.15) is 5.69 Å². The summed E-state index contributed by atoms with van der Waals surface area (Å²) in [5.41, 5.74) is 2.00. The van der Waals surface area contributed by atoms with Crippen molar-refractivity contribution in [1.29, 1.82) is 0 Å². The third kappa shape index (κ3) is 7.67. The quantitative estimate of drug-likeness (QED) is 0.749. The molecule has 8 nitrogen and oxygen atoms in total. The summed E-state index contributed by atoms with van der Waals surface area (Å²) >= 11 is 0. The highest BCUT2D eigenvalue weighted by Gasteiger charge is 2.17. The number of aromatic nitrogens is 1. The van der Waals surface area contributed by atoms with E-state index in [0.29, 0.717) is 30.6 Å². The highest BCUT2D eigenvalue weighted by molar-refractivity contribution is 5.89. The van der Waals surface area contributed by atoms with Crippen molar-refractivity contribution in [2.24, 2.45) is 0 Å². The molecule has 138 valence electrons. The van der Waals surface area contributed by atoms with E-state index in [9.17, 15) is 9.59 Å². The molecular formula is C17H24N2O6. The number of oxazole rings is 1. The van der Waals surface area contributed by atoms with E-state index < -0.39 is 11.9 Å². The molecular weight excluding hydrogens is 328 g/mol. The standard InChI is InChI=1S/C13H20N2O2.C4H4O4/c1-4-8-16-13-10(2)14-12(17-13)11-6-5-7-15(3)9-11;5-3(6)1-2-4(7)8/h6H,4-5,7-9H2,1-3H3;1-2H,(H,5,6)(H,7,8). The summed E-state index contributed by atoms with van der Waals surface area (Å²) in [4.78, 5) is 25.8. The molecule has 1 aromatic heterocycles. The zero-order valence-corrected chi connectivity index (χ0v) is 14.7. The van der Waals surface area contributed by atoms with Crippen LogP contribution in [0.2, 0.25) is 0 Å². The van der Waals surface area contributed by atoms with Gasteiger partial charge < -0.3 is 24.3 Å². The van der Waals surface area contributed by atoms with Crippen LogP contribution in [0.1, 0.15) is 31.4 Å². The molecule has 2 N–H and O–H groups in total. The van der Waals surface area contributed by atoms with Crippen LogP contribution in [0.3, 0.4) is 0 Å². The second-order valence-corrected chi connectivity index (χ2v) is 5.51. The maximum absolute atomic E-state index is 9.55. The molecule has 0 unspecified atom stereocenters. The first-order valence-electron chi connectivity index (χ1n) is 7.95. The summed E-state index contributed by atoms with van der Waals surface area (Å²) in [7, 11) is 2.11. The molecule has 2 heterocycles. The summed E-state index contributed by atoms with van der Waals surface area (Å²) in [5, 5.41) is 15.6. The van der Waals surface area contributed by atoms with E-state index >= 15 is 0 Å². The van der Waals surface area contributed by atoms with Crippen LogP contribution < -0.4 is 4.74 Å². The number of nitrogens with zero attached hydrogens (tertiary/aromatic N) is 2.